The van der Waals surface area contributed by atoms with Gasteiger partial charge < -0.3 is 9.47 Å². The Hall–Kier alpha value is -1.12. The van der Waals surface area contributed by atoms with Gasteiger partial charge in [-0.25, -0.2) is 0 Å². The van der Waals surface area contributed by atoms with Crippen molar-refractivity contribution in [3.63, 3.8) is 0 Å². The second kappa shape index (κ2) is 4.40. The van der Waals surface area contributed by atoms with Gasteiger partial charge in [-0.15, -0.1) is 6.58 Å². The van der Waals surface area contributed by atoms with Gasteiger partial charge in [0, 0.05) is 0 Å². The van der Waals surface area contributed by atoms with Crippen LogP contribution < -0.4 is 0 Å². The van der Waals surface area contributed by atoms with E-state index in [4.69, 9.17) is 9.47 Å². The van der Waals surface area contributed by atoms with Gasteiger partial charge in [0.05, 0.1) is 13.2 Å². The summed E-state index contributed by atoms with van der Waals surface area (Å²) < 4.78 is 10.9. The highest BCUT2D eigenvalue weighted by Crippen LogP contribution is 2.30. The van der Waals surface area contributed by atoms with Crippen LogP contribution in [0.3, 0.4) is 0 Å². The standard InChI is InChI=1S/C12H14O2/c1-2-8-13-12(11-9-14-11)10-6-4-3-5-7-10/h2-7,11-12H,1,8-9H2. The SMILES string of the molecule is C=CCOC(c1ccccc1)C1CO1. The van der Waals surface area contributed by atoms with E-state index in [-0.39, 0.29) is 12.2 Å². The maximum Gasteiger partial charge on any atom is 0.111 e. The summed E-state index contributed by atoms with van der Waals surface area (Å²) in [5.74, 6) is 0. The quantitative estimate of drug-likeness (QED) is 0.525. The molecule has 1 saturated heterocycles. The minimum Gasteiger partial charge on any atom is -0.370 e. The molecule has 0 amide bonds. The second-order valence-electron chi connectivity index (χ2n) is 3.33. The minimum atomic E-state index is 0.0641. The number of ether oxygens (including phenoxy) is 2. The molecule has 0 N–H and O–H groups in total. The Morgan fingerprint density at radius 2 is 2.21 bits per heavy atom. The van der Waals surface area contributed by atoms with Gasteiger partial charge >= 0.3 is 0 Å². The molecule has 2 unspecified atom stereocenters. The van der Waals surface area contributed by atoms with Gasteiger partial charge in [0.1, 0.15) is 12.2 Å². The molecular formula is C12H14O2. The molecule has 74 valence electrons. The number of hydrogen-bond donors (Lipinski definition) is 0. The first-order chi connectivity index (χ1) is 6.92. The predicted molar refractivity (Wildman–Crippen MR) is 55.1 cm³/mol. The molecule has 1 aliphatic heterocycles. The van der Waals surface area contributed by atoms with Crippen LogP contribution in [0.4, 0.5) is 0 Å². The summed E-state index contributed by atoms with van der Waals surface area (Å²) in [6.45, 7) is 5.01. The zero-order chi connectivity index (χ0) is 9.80. The van der Waals surface area contributed by atoms with Crippen LogP contribution in [0.5, 0.6) is 0 Å². The van der Waals surface area contributed by atoms with Gasteiger partial charge in [0.15, 0.2) is 0 Å². The van der Waals surface area contributed by atoms with Crippen LogP contribution in [-0.4, -0.2) is 19.3 Å². The molecule has 1 heterocycles. The Bertz CT molecular complexity index is 290. The fourth-order valence-corrected chi connectivity index (χ4v) is 1.46. The Morgan fingerprint density at radius 1 is 1.50 bits per heavy atom. The summed E-state index contributed by atoms with van der Waals surface area (Å²) in [4.78, 5) is 0. The lowest BCUT2D eigenvalue weighted by Crippen LogP contribution is -2.10. The van der Waals surface area contributed by atoms with Gasteiger partial charge in [-0.05, 0) is 5.56 Å². The van der Waals surface area contributed by atoms with Crippen LogP contribution in [0.2, 0.25) is 0 Å². The summed E-state index contributed by atoms with van der Waals surface area (Å²) >= 11 is 0. The molecule has 0 radical (unpaired) electrons. The largest absolute Gasteiger partial charge is 0.370 e. The maximum atomic E-state index is 5.66. The third-order valence-electron chi connectivity index (χ3n) is 2.22. The lowest BCUT2D eigenvalue weighted by molar-refractivity contribution is 0.0510. The molecule has 0 spiro atoms. The summed E-state index contributed by atoms with van der Waals surface area (Å²) in [6, 6.07) is 10.2. The Morgan fingerprint density at radius 3 is 2.79 bits per heavy atom. The van der Waals surface area contributed by atoms with Crippen molar-refractivity contribution in [2.45, 2.75) is 12.2 Å². The monoisotopic (exact) mass is 190 g/mol. The zero-order valence-electron chi connectivity index (χ0n) is 8.06. The first-order valence-electron chi connectivity index (χ1n) is 4.81. The lowest BCUT2D eigenvalue weighted by atomic mass is 10.1. The average Bonchev–Trinajstić information content (AvgIpc) is 3.04. The Balaban J connectivity index is 2.06. The highest BCUT2D eigenvalue weighted by molar-refractivity contribution is 5.19. The predicted octanol–water partition coefficient (Wildman–Crippen LogP) is 2.33. The van der Waals surface area contributed by atoms with Crippen LogP contribution in [-0.2, 0) is 9.47 Å². The van der Waals surface area contributed by atoms with Gasteiger partial charge in [0.25, 0.3) is 0 Å². The molecule has 1 aromatic rings. The molecular weight excluding hydrogens is 176 g/mol. The zero-order valence-corrected chi connectivity index (χ0v) is 8.06. The molecule has 0 saturated carbocycles. The molecule has 2 nitrogen and oxygen atoms in total. The van der Waals surface area contributed by atoms with E-state index in [2.05, 4.69) is 18.7 Å². The number of epoxide rings is 1. The molecule has 0 aliphatic carbocycles. The summed E-state index contributed by atoms with van der Waals surface area (Å²) in [6.07, 6.45) is 2.06. The van der Waals surface area contributed by atoms with Crippen LogP contribution in [0.1, 0.15) is 11.7 Å². The van der Waals surface area contributed by atoms with Crippen molar-refractivity contribution in [3.8, 4) is 0 Å². The van der Waals surface area contributed by atoms with Crippen LogP contribution in [0.15, 0.2) is 43.0 Å². The van der Waals surface area contributed by atoms with Crippen molar-refractivity contribution >= 4 is 0 Å². The first kappa shape index (κ1) is 9.44. The van der Waals surface area contributed by atoms with Crippen LogP contribution in [0.25, 0.3) is 0 Å². The van der Waals surface area contributed by atoms with Gasteiger partial charge in [-0.2, -0.15) is 0 Å². The molecule has 2 rings (SSSR count). The Kier molecular flexibility index (Phi) is 2.96. The highest BCUT2D eigenvalue weighted by Gasteiger charge is 2.34. The third kappa shape index (κ3) is 2.22. The first-order valence-corrected chi connectivity index (χ1v) is 4.81. The van der Waals surface area contributed by atoms with Gasteiger partial charge in [-0.1, -0.05) is 36.4 Å². The van der Waals surface area contributed by atoms with Crippen molar-refractivity contribution in [1.29, 1.82) is 0 Å². The van der Waals surface area contributed by atoms with E-state index in [0.29, 0.717) is 6.61 Å². The fourth-order valence-electron chi connectivity index (χ4n) is 1.46. The van der Waals surface area contributed by atoms with Crippen molar-refractivity contribution < 1.29 is 9.47 Å². The topological polar surface area (TPSA) is 21.8 Å². The van der Waals surface area contributed by atoms with E-state index in [0.717, 1.165) is 6.61 Å². The van der Waals surface area contributed by atoms with E-state index >= 15 is 0 Å². The summed E-state index contributed by atoms with van der Waals surface area (Å²) in [5.41, 5.74) is 1.18. The van der Waals surface area contributed by atoms with E-state index in [1.807, 2.05) is 18.2 Å². The smallest absolute Gasteiger partial charge is 0.111 e. The number of rotatable bonds is 5. The highest BCUT2D eigenvalue weighted by atomic mass is 16.6. The molecule has 0 aromatic heterocycles. The van der Waals surface area contributed by atoms with Gasteiger partial charge in [0.2, 0.25) is 0 Å². The van der Waals surface area contributed by atoms with Crippen molar-refractivity contribution in [2.75, 3.05) is 13.2 Å². The number of benzene rings is 1. The maximum absolute atomic E-state index is 5.66. The van der Waals surface area contributed by atoms with Crippen molar-refractivity contribution in [3.05, 3.63) is 48.6 Å². The summed E-state index contributed by atoms with van der Waals surface area (Å²) in [7, 11) is 0. The van der Waals surface area contributed by atoms with E-state index in [1.165, 1.54) is 5.56 Å². The summed E-state index contributed by atoms with van der Waals surface area (Å²) in [5, 5.41) is 0. The van der Waals surface area contributed by atoms with E-state index in [1.54, 1.807) is 6.08 Å². The number of hydrogen-bond acceptors (Lipinski definition) is 2. The molecule has 14 heavy (non-hydrogen) atoms. The average molecular weight is 190 g/mol. The van der Waals surface area contributed by atoms with Crippen LogP contribution in [0, 0.1) is 0 Å². The van der Waals surface area contributed by atoms with Gasteiger partial charge in [-0.3, -0.25) is 0 Å². The molecule has 1 aliphatic rings. The lowest BCUT2D eigenvalue weighted by Gasteiger charge is -2.14. The van der Waals surface area contributed by atoms with E-state index < -0.39 is 0 Å². The minimum absolute atomic E-state index is 0.0641. The fraction of sp³-hybridized carbons (Fsp3) is 0.333. The third-order valence-corrected chi connectivity index (χ3v) is 2.22. The second-order valence-corrected chi connectivity index (χ2v) is 3.33. The molecule has 1 fully saturated rings. The van der Waals surface area contributed by atoms with Crippen molar-refractivity contribution in [2.24, 2.45) is 0 Å². The van der Waals surface area contributed by atoms with Crippen molar-refractivity contribution in [1.82, 2.24) is 0 Å². The Labute approximate surface area is 84.2 Å². The molecule has 0 bridgehead atoms. The van der Waals surface area contributed by atoms with E-state index in [9.17, 15) is 0 Å². The normalized spacial score (nSPS) is 21.6. The molecule has 2 heteroatoms. The molecule has 1 aromatic carbocycles. The van der Waals surface area contributed by atoms with Crippen LogP contribution >= 0.6 is 0 Å². The molecule has 2 atom stereocenters.